The summed E-state index contributed by atoms with van der Waals surface area (Å²) in [5.41, 5.74) is 0.255. The molecule has 34 heavy (non-hydrogen) atoms. The van der Waals surface area contributed by atoms with Gasteiger partial charge in [-0.3, -0.25) is 0 Å². The van der Waals surface area contributed by atoms with Gasteiger partial charge in [-0.1, -0.05) is 31.9 Å². The Balaban J connectivity index is 2.45. The molecule has 2 aromatic rings. The minimum atomic E-state index is -4.74. The molecule has 0 saturated heterocycles. The molecule has 0 aliphatic rings. The van der Waals surface area contributed by atoms with Gasteiger partial charge in [0.05, 0.1) is 28.6 Å². The van der Waals surface area contributed by atoms with E-state index >= 15 is 0 Å². The van der Waals surface area contributed by atoms with E-state index in [4.69, 9.17) is 23.7 Å². The maximum Gasteiger partial charge on any atom is 0.416 e. The van der Waals surface area contributed by atoms with Crippen LogP contribution in [0, 0.1) is 11.7 Å². The van der Waals surface area contributed by atoms with Crippen LogP contribution in [-0.2, 0) is 48.1 Å². The SMILES string of the molecule is CCOCOCc1c(C)cc(S(=N)(=O)c2cc(Br)c(COCOCC)c(C(F)(F)F)c2)cc1Br. The number of rotatable bonds is 12. The molecular formula is C22H26Br2F3NO5S. The Morgan fingerprint density at radius 1 is 0.853 bits per heavy atom. The number of ether oxygens (including phenoxy) is 4. The average molecular weight is 633 g/mol. The lowest BCUT2D eigenvalue weighted by atomic mass is 10.1. The normalized spacial score (nSPS) is 13.8. The van der Waals surface area contributed by atoms with Crippen molar-refractivity contribution >= 4 is 41.6 Å². The fourth-order valence-electron chi connectivity index (χ4n) is 2.98. The first-order valence-corrected chi connectivity index (χ1v) is 13.4. The molecule has 0 aliphatic carbocycles. The Morgan fingerprint density at radius 2 is 1.32 bits per heavy atom. The Labute approximate surface area is 214 Å². The summed E-state index contributed by atoms with van der Waals surface area (Å²) in [6, 6.07) is 5.02. The van der Waals surface area contributed by atoms with Crippen molar-refractivity contribution < 1.29 is 36.3 Å². The Bertz CT molecular complexity index is 1070. The molecule has 0 fully saturated rings. The highest BCUT2D eigenvalue weighted by Gasteiger charge is 2.36. The van der Waals surface area contributed by atoms with E-state index in [1.165, 1.54) is 18.2 Å². The van der Waals surface area contributed by atoms with Crippen LogP contribution in [-0.4, -0.2) is 31.0 Å². The molecule has 0 bridgehead atoms. The van der Waals surface area contributed by atoms with Gasteiger partial charge >= 0.3 is 6.18 Å². The maximum absolute atomic E-state index is 13.8. The third-order valence-corrected chi connectivity index (χ3v) is 7.98. The number of benzene rings is 2. The monoisotopic (exact) mass is 631 g/mol. The average Bonchev–Trinajstić information content (AvgIpc) is 2.75. The van der Waals surface area contributed by atoms with Crippen LogP contribution in [0.25, 0.3) is 0 Å². The molecule has 1 atom stereocenters. The van der Waals surface area contributed by atoms with E-state index in [-0.39, 0.29) is 46.6 Å². The summed E-state index contributed by atoms with van der Waals surface area (Å²) in [5, 5.41) is 0. The Morgan fingerprint density at radius 3 is 1.79 bits per heavy atom. The molecule has 0 saturated carbocycles. The fourth-order valence-corrected chi connectivity index (χ4v) is 5.99. The van der Waals surface area contributed by atoms with Gasteiger partial charge in [-0.25, -0.2) is 8.99 Å². The van der Waals surface area contributed by atoms with Crippen LogP contribution in [0.15, 0.2) is 43.0 Å². The second-order valence-corrected chi connectivity index (χ2v) is 10.9. The fraction of sp³-hybridized carbons (Fsp3) is 0.455. The lowest BCUT2D eigenvalue weighted by Gasteiger charge is -2.19. The minimum Gasteiger partial charge on any atom is -0.356 e. The quantitative estimate of drug-likeness (QED) is 0.201. The summed E-state index contributed by atoms with van der Waals surface area (Å²) < 4.78 is 84.9. The molecule has 190 valence electrons. The summed E-state index contributed by atoms with van der Waals surface area (Å²) in [6.45, 7) is 5.99. The molecule has 0 radical (unpaired) electrons. The topological polar surface area (TPSA) is 77.8 Å². The second kappa shape index (κ2) is 12.8. The molecule has 1 N–H and O–H groups in total. The Kier molecular flexibility index (Phi) is 11.0. The lowest BCUT2D eigenvalue weighted by Crippen LogP contribution is -2.14. The number of hydrogen-bond acceptors (Lipinski definition) is 6. The van der Waals surface area contributed by atoms with Crippen molar-refractivity contribution in [2.45, 2.75) is 50.0 Å². The highest BCUT2D eigenvalue weighted by molar-refractivity contribution is 9.10. The van der Waals surface area contributed by atoms with Crippen LogP contribution in [0.3, 0.4) is 0 Å². The largest absolute Gasteiger partial charge is 0.416 e. The van der Waals surface area contributed by atoms with E-state index < -0.39 is 21.5 Å². The van der Waals surface area contributed by atoms with Gasteiger partial charge in [0.2, 0.25) is 0 Å². The Hall–Kier alpha value is -1.02. The van der Waals surface area contributed by atoms with E-state index in [1.807, 2.05) is 6.92 Å². The first-order chi connectivity index (χ1) is 15.9. The van der Waals surface area contributed by atoms with Gasteiger partial charge in [0, 0.05) is 27.7 Å². The van der Waals surface area contributed by atoms with Crippen molar-refractivity contribution in [3.8, 4) is 0 Å². The standard InChI is InChI=1S/C22H26Br2F3NO5S/c1-4-30-12-32-10-17-14(3)6-15(8-20(17)23)34(28,29)16-7-19(22(25,26)27)18(21(24)9-16)11-33-13-31-5-2/h6-9,28H,4-5,10-13H2,1-3H3. The first kappa shape index (κ1) is 29.2. The van der Waals surface area contributed by atoms with Gasteiger partial charge in [0.15, 0.2) is 0 Å². The van der Waals surface area contributed by atoms with Crippen molar-refractivity contribution in [1.82, 2.24) is 0 Å². The predicted octanol–water partition coefficient (Wildman–Crippen LogP) is 7.02. The lowest BCUT2D eigenvalue weighted by molar-refractivity contribution is -0.140. The van der Waals surface area contributed by atoms with Gasteiger partial charge in [0.25, 0.3) is 0 Å². The zero-order chi connectivity index (χ0) is 25.5. The molecule has 6 nitrogen and oxygen atoms in total. The van der Waals surface area contributed by atoms with E-state index in [0.29, 0.717) is 23.2 Å². The maximum atomic E-state index is 13.8. The minimum absolute atomic E-state index is 0.0468. The van der Waals surface area contributed by atoms with Gasteiger partial charge < -0.3 is 18.9 Å². The van der Waals surface area contributed by atoms with E-state index in [2.05, 4.69) is 31.9 Å². The molecular weight excluding hydrogens is 607 g/mol. The van der Waals surface area contributed by atoms with Crippen molar-refractivity contribution in [3.63, 3.8) is 0 Å². The molecule has 0 aliphatic heterocycles. The second-order valence-electron chi connectivity index (χ2n) is 7.10. The molecule has 0 amide bonds. The van der Waals surface area contributed by atoms with Gasteiger partial charge in [-0.05, 0) is 56.2 Å². The molecule has 2 aromatic carbocycles. The van der Waals surface area contributed by atoms with Crippen molar-refractivity contribution in [2.75, 3.05) is 26.8 Å². The zero-order valence-corrected chi connectivity index (χ0v) is 22.9. The number of aryl methyl sites for hydroxylation is 1. The number of alkyl halides is 3. The van der Waals surface area contributed by atoms with Gasteiger partial charge in [0.1, 0.15) is 23.3 Å². The summed E-state index contributed by atoms with van der Waals surface area (Å²) >= 11 is 6.54. The van der Waals surface area contributed by atoms with Crippen LogP contribution in [0.1, 0.15) is 36.1 Å². The number of halogens is 5. The summed E-state index contributed by atoms with van der Waals surface area (Å²) in [4.78, 5) is -0.197. The van der Waals surface area contributed by atoms with Crippen LogP contribution in [0.4, 0.5) is 13.2 Å². The molecule has 12 heteroatoms. The highest BCUT2D eigenvalue weighted by Crippen LogP contribution is 2.39. The smallest absolute Gasteiger partial charge is 0.356 e. The van der Waals surface area contributed by atoms with Crippen LogP contribution in [0.2, 0.25) is 0 Å². The van der Waals surface area contributed by atoms with E-state index in [0.717, 1.165) is 11.6 Å². The molecule has 0 heterocycles. The van der Waals surface area contributed by atoms with Crippen molar-refractivity contribution in [2.24, 2.45) is 0 Å². The first-order valence-electron chi connectivity index (χ1n) is 10.2. The van der Waals surface area contributed by atoms with E-state index in [1.54, 1.807) is 13.8 Å². The number of hydrogen-bond donors (Lipinski definition) is 1. The third kappa shape index (κ3) is 7.49. The zero-order valence-electron chi connectivity index (χ0n) is 18.9. The molecule has 2 rings (SSSR count). The van der Waals surface area contributed by atoms with Crippen LogP contribution < -0.4 is 0 Å². The van der Waals surface area contributed by atoms with E-state index in [9.17, 15) is 17.4 Å². The summed E-state index contributed by atoms with van der Waals surface area (Å²) in [5.74, 6) is 0. The van der Waals surface area contributed by atoms with Crippen molar-refractivity contribution in [3.05, 3.63) is 55.5 Å². The summed E-state index contributed by atoms with van der Waals surface area (Å²) in [7, 11) is -3.77. The number of nitrogens with one attached hydrogen (secondary N) is 1. The van der Waals surface area contributed by atoms with Crippen LogP contribution in [0.5, 0.6) is 0 Å². The van der Waals surface area contributed by atoms with Gasteiger partial charge in [-0.15, -0.1) is 0 Å². The summed E-state index contributed by atoms with van der Waals surface area (Å²) in [6.07, 6.45) is -4.74. The van der Waals surface area contributed by atoms with Crippen LogP contribution >= 0.6 is 31.9 Å². The molecule has 0 spiro atoms. The van der Waals surface area contributed by atoms with Gasteiger partial charge in [-0.2, -0.15) is 13.2 Å². The molecule has 1 unspecified atom stereocenters. The third-order valence-electron chi connectivity index (χ3n) is 4.76. The highest BCUT2D eigenvalue weighted by atomic mass is 79.9. The predicted molar refractivity (Wildman–Crippen MR) is 128 cm³/mol. The van der Waals surface area contributed by atoms with Crippen molar-refractivity contribution in [1.29, 1.82) is 4.78 Å². The molecule has 0 aromatic heterocycles.